The normalized spacial score (nSPS) is 10.5. The third-order valence-electron chi connectivity index (χ3n) is 2.95. The molecular weight excluding hydrogens is 300 g/mol. The molecule has 1 aromatic heterocycles. The molecule has 2 N–H and O–H groups in total. The fourth-order valence-corrected chi connectivity index (χ4v) is 2.88. The molecule has 110 valence electrons. The molecular formula is C14H11F2NO3S. The molecule has 0 bridgehead atoms. The molecule has 0 aliphatic heterocycles. The van der Waals surface area contributed by atoms with E-state index in [4.69, 9.17) is 5.11 Å². The molecule has 0 aliphatic rings. The summed E-state index contributed by atoms with van der Waals surface area (Å²) in [4.78, 5) is 23.9. The van der Waals surface area contributed by atoms with Gasteiger partial charge in [-0.1, -0.05) is 0 Å². The number of aromatic carboxylic acids is 1. The predicted octanol–water partition coefficient (Wildman–Crippen LogP) is 3.59. The van der Waals surface area contributed by atoms with Gasteiger partial charge in [0, 0.05) is 16.5 Å². The van der Waals surface area contributed by atoms with Gasteiger partial charge in [0.1, 0.15) is 16.6 Å². The van der Waals surface area contributed by atoms with Crippen molar-refractivity contribution in [1.82, 2.24) is 0 Å². The van der Waals surface area contributed by atoms with Crippen LogP contribution >= 0.6 is 11.3 Å². The first-order chi connectivity index (χ1) is 9.79. The Labute approximate surface area is 123 Å². The number of aryl methyl sites for hydroxylation is 1. The third-order valence-corrected chi connectivity index (χ3v) is 4.07. The van der Waals surface area contributed by atoms with Gasteiger partial charge in [-0.2, -0.15) is 0 Å². The lowest BCUT2D eigenvalue weighted by Crippen LogP contribution is -2.14. The second kappa shape index (κ2) is 5.61. The van der Waals surface area contributed by atoms with E-state index in [1.54, 1.807) is 13.8 Å². The van der Waals surface area contributed by atoms with Crippen molar-refractivity contribution in [3.8, 4) is 0 Å². The predicted molar refractivity (Wildman–Crippen MR) is 75.1 cm³/mol. The van der Waals surface area contributed by atoms with E-state index >= 15 is 0 Å². The number of hydrogen-bond acceptors (Lipinski definition) is 3. The summed E-state index contributed by atoms with van der Waals surface area (Å²) in [5.41, 5.74) is 0.323. The van der Waals surface area contributed by atoms with Crippen molar-refractivity contribution in [3.05, 3.63) is 51.4 Å². The van der Waals surface area contributed by atoms with Crippen molar-refractivity contribution < 1.29 is 23.5 Å². The highest BCUT2D eigenvalue weighted by Crippen LogP contribution is 2.32. The van der Waals surface area contributed by atoms with Gasteiger partial charge < -0.3 is 10.4 Å². The number of anilines is 1. The van der Waals surface area contributed by atoms with Crippen LogP contribution in [0.15, 0.2) is 18.2 Å². The maximum Gasteiger partial charge on any atom is 0.338 e. The van der Waals surface area contributed by atoms with Crippen molar-refractivity contribution in [2.24, 2.45) is 0 Å². The standard InChI is InChI=1S/C14H11F2NO3S/c1-6-7(2)21-13(11(6)14(19)20)17-12(18)8-3-9(15)5-10(16)4-8/h3-5H,1-2H3,(H,17,18)(H,19,20). The van der Waals surface area contributed by atoms with Crippen LogP contribution in [-0.4, -0.2) is 17.0 Å². The summed E-state index contributed by atoms with van der Waals surface area (Å²) in [6.07, 6.45) is 0. The van der Waals surface area contributed by atoms with E-state index < -0.39 is 23.5 Å². The summed E-state index contributed by atoms with van der Waals surface area (Å²) in [6.45, 7) is 3.36. The Morgan fingerprint density at radius 1 is 1.14 bits per heavy atom. The third kappa shape index (κ3) is 3.08. The Kier molecular flexibility index (Phi) is 4.04. The molecule has 7 heteroatoms. The van der Waals surface area contributed by atoms with Crippen LogP contribution in [0.2, 0.25) is 0 Å². The van der Waals surface area contributed by atoms with Crippen LogP contribution in [0.5, 0.6) is 0 Å². The first kappa shape index (κ1) is 15.1. The quantitative estimate of drug-likeness (QED) is 0.910. The van der Waals surface area contributed by atoms with Crippen LogP contribution in [0.1, 0.15) is 31.2 Å². The van der Waals surface area contributed by atoms with E-state index in [2.05, 4.69) is 5.32 Å². The van der Waals surface area contributed by atoms with E-state index in [9.17, 15) is 18.4 Å². The number of benzene rings is 1. The van der Waals surface area contributed by atoms with E-state index in [-0.39, 0.29) is 16.1 Å². The van der Waals surface area contributed by atoms with Gasteiger partial charge in [0.05, 0.1) is 5.56 Å². The maximum absolute atomic E-state index is 13.1. The number of hydrogen-bond donors (Lipinski definition) is 2. The first-order valence-electron chi connectivity index (χ1n) is 5.90. The lowest BCUT2D eigenvalue weighted by Gasteiger charge is -2.05. The molecule has 2 aromatic rings. The van der Waals surface area contributed by atoms with Crippen molar-refractivity contribution in [3.63, 3.8) is 0 Å². The molecule has 0 saturated carbocycles. The Hall–Kier alpha value is -2.28. The molecule has 0 spiro atoms. The average Bonchev–Trinajstić information content (AvgIpc) is 2.63. The van der Waals surface area contributed by atoms with Gasteiger partial charge in [0.25, 0.3) is 5.91 Å². The summed E-state index contributed by atoms with van der Waals surface area (Å²) in [6, 6.07) is 2.41. The van der Waals surface area contributed by atoms with Crippen LogP contribution in [0, 0.1) is 25.5 Å². The van der Waals surface area contributed by atoms with Gasteiger partial charge in [-0.15, -0.1) is 11.3 Å². The number of rotatable bonds is 3. The molecule has 1 heterocycles. The van der Waals surface area contributed by atoms with Crippen LogP contribution in [0.3, 0.4) is 0 Å². The Morgan fingerprint density at radius 3 is 2.24 bits per heavy atom. The topological polar surface area (TPSA) is 66.4 Å². The Morgan fingerprint density at radius 2 is 1.71 bits per heavy atom. The van der Waals surface area contributed by atoms with E-state index in [0.717, 1.165) is 28.3 Å². The molecule has 0 fully saturated rings. The van der Waals surface area contributed by atoms with Gasteiger partial charge in [-0.3, -0.25) is 4.79 Å². The minimum absolute atomic E-state index is 0.0114. The molecule has 0 saturated heterocycles. The zero-order valence-electron chi connectivity index (χ0n) is 11.2. The summed E-state index contributed by atoms with van der Waals surface area (Å²) < 4.78 is 26.2. The highest BCUT2D eigenvalue weighted by atomic mass is 32.1. The fourth-order valence-electron chi connectivity index (χ4n) is 1.83. The molecule has 2 rings (SSSR count). The Balaban J connectivity index is 2.36. The van der Waals surface area contributed by atoms with Crippen molar-refractivity contribution >= 4 is 28.2 Å². The van der Waals surface area contributed by atoms with Crippen LogP contribution in [0.25, 0.3) is 0 Å². The second-order valence-electron chi connectivity index (χ2n) is 4.40. The van der Waals surface area contributed by atoms with Crippen molar-refractivity contribution in [1.29, 1.82) is 0 Å². The first-order valence-corrected chi connectivity index (χ1v) is 6.72. The largest absolute Gasteiger partial charge is 0.478 e. The summed E-state index contributed by atoms with van der Waals surface area (Å²) >= 11 is 1.10. The lowest BCUT2D eigenvalue weighted by atomic mass is 10.1. The van der Waals surface area contributed by atoms with E-state index in [1.807, 2.05) is 0 Å². The molecule has 1 aromatic carbocycles. The number of amides is 1. The van der Waals surface area contributed by atoms with Crippen LogP contribution in [0.4, 0.5) is 13.8 Å². The van der Waals surface area contributed by atoms with Crippen LogP contribution in [-0.2, 0) is 0 Å². The number of carbonyl (C=O) groups is 2. The minimum Gasteiger partial charge on any atom is -0.478 e. The molecule has 1 amide bonds. The second-order valence-corrected chi connectivity index (χ2v) is 5.63. The van der Waals surface area contributed by atoms with Gasteiger partial charge in [-0.05, 0) is 31.5 Å². The SMILES string of the molecule is Cc1sc(NC(=O)c2cc(F)cc(F)c2)c(C(=O)O)c1C. The van der Waals surface area contributed by atoms with E-state index in [0.29, 0.717) is 11.6 Å². The average molecular weight is 311 g/mol. The van der Waals surface area contributed by atoms with Gasteiger partial charge in [-0.25, -0.2) is 13.6 Å². The smallest absolute Gasteiger partial charge is 0.338 e. The zero-order valence-corrected chi connectivity index (χ0v) is 12.0. The monoisotopic (exact) mass is 311 g/mol. The highest BCUT2D eigenvalue weighted by molar-refractivity contribution is 7.16. The highest BCUT2D eigenvalue weighted by Gasteiger charge is 2.21. The molecule has 0 aliphatic carbocycles. The molecule has 0 atom stereocenters. The van der Waals surface area contributed by atoms with Gasteiger partial charge >= 0.3 is 5.97 Å². The van der Waals surface area contributed by atoms with Crippen LogP contribution < -0.4 is 5.32 Å². The zero-order chi connectivity index (χ0) is 15.7. The maximum atomic E-state index is 13.1. The summed E-state index contributed by atoms with van der Waals surface area (Å²) in [5, 5.41) is 11.7. The number of thiophene rings is 1. The van der Waals surface area contributed by atoms with Gasteiger partial charge in [0.15, 0.2) is 0 Å². The molecule has 21 heavy (non-hydrogen) atoms. The van der Waals surface area contributed by atoms with E-state index in [1.165, 1.54) is 0 Å². The summed E-state index contributed by atoms with van der Waals surface area (Å²) in [5.74, 6) is -3.69. The van der Waals surface area contributed by atoms with Gasteiger partial charge in [0.2, 0.25) is 0 Å². The fraction of sp³-hybridized carbons (Fsp3) is 0.143. The number of carbonyl (C=O) groups excluding carboxylic acids is 1. The Bertz CT molecular complexity index is 720. The minimum atomic E-state index is -1.17. The number of halogens is 2. The van der Waals surface area contributed by atoms with Crippen molar-refractivity contribution in [2.75, 3.05) is 5.32 Å². The molecule has 0 radical (unpaired) electrons. The number of carboxylic acids is 1. The van der Waals surface area contributed by atoms with Crippen molar-refractivity contribution in [2.45, 2.75) is 13.8 Å². The summed E-state index contributed by atoms with van der Waals surface area (Å²) in [7, 11) is 0. The number of carboxylic acid groups (broad SMARTS) is 1. The number of nitrogens with one attached hydrogen (secondary N) is 1. The molecule has 0 unspecified atom stereocenters. The molecule has 4 nitrogen and oxygen atoms in total. The lowest BCUT2D eigenvalue weighted by molar-refractivity contribution is 0.0697.